The Morgan fingerprint density at radius 2 is 2.00 bits per heavy atom. The van der Waals surface area contributed by atoms with Crippen molar-refractivity contribution in [1.29, 1.82) is 0 Å². The van der Waals surface area contributed by atoms with Gasteiger partial charge in [-0.25, -0.2) is 0 Å². The van der Waals surface area contributed by atoms with Gasteiger partial charge in [0.05, 0.1) is 23.5 Å². The number of non-ortho nitro benzene ring substituents is 1. The second-order valence-corrected chi connectivity index (χ2v) is 7.29. The van der Waals surface area contributed by atoms with Crippen LogP contribution < -0.4 is 4.74 Å². The lowest BCUT2D eigenvalue weighted by molar-refractivity contribution is -0.384. The van der Waals surface area contributed by atoms with Crippen LogP contribution in [0.5, 0.6) is 11.5 Å². The van der Waals surface area contributed by atoms with Crippen LogP contribution in [0.4, 0.5) is 5.69 Å². The summed E-state index contributed by atoms with van der Waals surface area (Å²) in [5, 5.41) is 20.8. The Morgan fingerprint density at radius 1 is 1.30 bits per heavy atom. The molecule has 0 aliphatic carbocycles. The monoisotopic (exact) mass is 402 g/mol. The second kappa shape index (κ2) is 7.77. The molecular formula is C18H14N2O5S2. The van der Waals surface area contributed by atoms with Crippen molar-refractivity contribution in [1.82, 2.24) is 4.90 Å². The van der Waals surface area contributed by atoms with E-state index in [-0.39, 0.29) is 22.9 Å². The molecule has 7 nitrogen and oxygen atoms in total. The zero-order chi connectivity index (χ0) is 19.6. The summed E-state index contributed by atoms with van der Waals surface area (Å²) in [4.78, 5) is 24.8. The van der Waals surface area contributed by atoms with Crippen molar-refractivity contribution >= 4 is 46.0 Å². The van der Waals surface area contributed by atoms with Gasteiger partial charge in [0.15, 0.2) is 0 Å². The molecule has 1 heterocycles. The number of phenolic OH excluding ortho intramolecular Hbond substituents is 1. The number of benzene rings is 2. The maximum Gasteiger partial charge on any atom is 0.270 e. The Balaban J connectivity index is 1.84. The fraction of sp³-hybridized carbons (Fsp3) is 0.111. The van der Waals surface area contributed by atoms with E-state index in [1.165, 1.54) is 29.2 Å². The number of hydrogen-bond acceptors (Lipinski definition) is 7. The summed E-state index contributed by atoms with van der Waals surface area (Å²) in [6.45, 7) is 0.299. The van der Waals surface area contributed by atoms with Crippen molar-refractivity contribution < 1.29 is 19.6 Å². The first-order valence-corrected chi connectivity index (χ1v) is 8.97. The third-order valence-corrected chi connectivity index (χ3v) is 5.26. The number of hydrogen-bond donors (Lipinski definition) is 1. The van der Waals surface area contributed by atoms with Gasteiger partial charge < -0.3 is 9.84 Å². The number of thioether (sulfide) groups is 1. The molecule has 1 aliphatic heterocycles. The van der Waals surface area contributed by atoms with Gasteiger partial charge in [-0.2, -0.15) is 0 Å². The summed E-state index contributed by atoms with van der Waals surface area (Å²) >= 11 is 6.38. The number of ether oxygens (including phenoxy) is 1. The highest BCUT2D eigenvalue weighted by Gasteiger charge is 2.32. The lowest BCUT2D eigenvalue weighted by Gasteiger charge is -2.14. The Kier molecular flexibility index (Phi) is 5.43. The van der Waals surface area contributed by atoms with Gasteiger partial charge in [-0.05, 0) is 29.8 Å². The van der Waals surface area contributed by atoms with Crippen LogP contribution in [-0.4, -0.2) is 32.3 Å². The molecule has 0 aromatic heterocycles. The first-order chi connectivity index (χ1) is 12.9. The quantitative estimate of drug-likeness (QED) is 0.353. The minimum atomic E-state index is -0.564. The fourth-order valence-corrected chi connectivity index (χ4v) is 3.71. The third kappa shape index (κ3) is 4.09. The van der Waals surface area contributed by atoms with Crippen LogP contribution in [0.3, 0.4) is 0 Å². The molecule has 0 spiro atoms. The van der Waals surface area contributed by atoms with Gasteiger partial charge in [-0.3, -0.25) is 19.8 Å². The zero-order valence-corrected chi connectivity index (χ0v) is 15.8. The van der Waals surface area contributed by atoms with Gasteiger partial charge in [-0.15, -0.1) is 0 Å². The summed E-state index contributed by atoms with van der Waals surface area (Å²) in [7, 11) is 1.57. The third-order valence-electron chi connectivity index (χ3n) is 3.88. The summed E-state index contributed by atoms with van der Waals surface area (Å²) < 4.78 is 5.49. The van der Waals surface area contributed by atoms with Gasteiger partial charge in [0, 0.05) is 17.7 Å². The van der Waals surface area contributed by atoms with E-state index in [2.05, 4.69) is 0 Å². The van der Waals surface area contributed by atoms with E-state index in [9.17, 15) is 20.0 Å². The van der Waals surface area contributed by atoms with Crippen LogP contribution in [0, 0.1) is 10.1 Å². The Labute approximate surface area is 164 Å². The Morgan fingerprint density at radius 3 is 2.63 bits per heavy atom. The molecular weight excluding hydrogens is 388 g/mol. The smallest absolute Gasteiger partial charge is 0.270 e. The molecule has 1 amide bonds. The number of nitro groups is 1. The largest absolute Gasteiger partial charge is 0.507 e. The molecule has 138 valence electrons. The van der Waals surface area contributed by atoms with E-state index in [1.807, 2.05) is 12.1 Å². The normalized spacial score (nSPS) is 15.4. The first-order valence-electron chi connectivity index (χ1n) is 7.74. The Bertz CT molecular complexity index is 957. The lowest BCUT2D eigenvalue weighted by atomic mass is 10.1. The number of methoxy groups -OCH3 is 1. The van der Waals surface area contributed by atoms with Crippen LogP contribution in [0.2, 0.25) is 0 Å². The van der Waals surface area contributed by atoms with Crippen molar-refractivity contribution in [2.75, 3.05) is 7.11 Å². The summed E-state index contributed by atoms with van der Waals surface area (Å²) in [5.74, 6) is 0.248. The predicted molar refractivity (Wildman–Crippen MR) is 106 cm³/mol. The van der Waals surface area contributed by atoms with Gasteiger partial charge in [0.1, 0.15) is 15.8 Å². The van der Waals surface area contributed by atoms with Gasteiger partial charge >= 0.3 is 0 Å². The molecule has 3 rings (SSSR count). The first kappa shape index (κ1) is 18.9. The Hall–Kier alpha value is -2.91. The number of carbonyl (C=O) groups is 1. The number of aromatic hydroxyl groups is 1. The summed E-state index contributed by atoms with van der Waals surface area (Å²) in [6, 6.07) is 10.9. The number of carbonyl (C=O) groups excluding carboxylic acids is 1. The van der Waals surface area contributed by atoms with E-state index in [4.69, 9.17) is 17.0 Å². The van der Waals surface area contributed by atoms with Crippen LogP contribution in [0.15, 0.2) is 47.4 Å². The number of amides is 1. The van der Waals surface area contributed by atoms with Crippen LogP contribution in [0.1, 0.15) is 11.1 Å². The van der Waals surface area contributed by atoms with Crippen molar-refractivity contribution in [2.24, 2.45) is 0 Å². The maximum absolute atomic E-state index is 12.7. The van der Waals surface area contributed by atoms with Crippen LogP contribution >= 0.6 is 24.0 Å². The van der Waals surface area contributed by atoms with Gasteiger partial charge in [-0.1, -0.05) is 36.1 Å². The molecule has 0 bridgehead atoms. The van der Waals surface area contributed by atoms with E-state index >= 15 is 0 Å². The number of phenols is 1. The second-order valence-electron chi connectivity index (χ2n) is 5.62. The van der Waals surface area contributed by atoms with Gasteiger partial charge in [0.25, 0.3) is 11.6 Å². The minimum Gasteiger partial charge on any atom is -0.507 e. The lowest BCUT2D eigenvalue weighted by Crippen LogP contribution is -2.27. The van der Waals surface area contributed by atoms with Crippen LogP contribution in [-0.2, 0) is 11.3 Å². The number of nitrogens with zero attached hydrogens (tertiary/aromatic N) is 2. The van der Waals surface area contributed by atoms with Crippen molar-refractivity contribution in [3.8, 4) is 11.5 Å². The molecule has 1 saturated heterocycles. The standard InChI is InChI=1S/C18H14N2O5S2/c1-25-14-5-2-11(3-6-14)10-19-17(22)16(27-18(19)26)9-12-8-13(20(23)24)4-7-15(12)21/h2-9,21H,10H2,1H3/b16-9-. The average Bonchev–Trinajstić information content (AvgIpc) is 2.91. The average molecular weight is 402 g/mol. The molecule has 0 saturated carbocycles. The summed E-state index contributed by atoms with van der Waals surface area (Å²) in [5.41, 5.74) is 0.897. The molecule has 9 heteroatoms. The highest BCUT2D eigenvalue weighted by atomic mass is 32.2. The molecule has 0 unspecified atom stereocenters. The van der Waals surface area contributed by atoms with Crippen LogP contribution in [0.25, 0.3) is 6.08 Å². The molecule has 2 aromatic carbocycles. The predicted octanol–water partition coefficient (Wildman–Crippen LogP) is 3.71. The number of thiocarbonyl (C=S) groups is 1. The summed E-state index contributed by atoms with van der Waals surface area (Å²) in [6.07, 6.45) is 1.41. The molecule has 27 heavy (non-hydrogen) atoms. The highest BCUT2D eigenvalue weighted by molar-refractivity contribution is 8.26. The molecule has 2 aromatic rings. The van der Waals surface area contributed by atoms with Gasteiger partial charge in [0.2, 0.25) is 0 Å². The number of nitro benzene ring substituents is 1. The number of rotatable bonds is 5. The SMILES string of the molecule is COc1ccc(CN2C(=O)/C(=C/c3cc([N+](=O)[O-])ccc3O)SC2=S)cc1. The van der Waals surface area contributed by atoms with E-state index in [0.717, 1.165) is 17.3 Å². The zero-order valence-electron chi connectivity index (χ0n) is 14.1. The molecule has 1 fully saturated rings. The topological polar surface area (TPSA) is 92.9 Å². The van der Waals surface area contributed by atoms with E-state index < -0.39 is 4.92 Å². The molecule has 0 radical (unpaired) electrons. The minimum absolute atomic E-state index is 0.152. The fourth-order valence-electron chi connectivity index (χ4n) is 2.46. The van der Waals surface area contributed by atoms with Crippen molar-refractivity contribution in [3.05, 3.63) is 68.6 Å². The molecule has 1 N–H and O–H groups in total. The maximum atomic E-state index is 12.7. The van der Waals surface area contributed by atoms with Crippen molar-refractivity contribution in [3.63, 3.8) is 0 Å². The van der Waals surface area contributed by atoms with E-state index in [0.29, 0.717) is 21.5 Å². The highest BCUT2D eigenvalue weighted by Crippen LogP contribution is 2.35. The van der Waals surface area contributed by atoms with Crippen molar-refractivity contribution in [2.45, 2.75) is 6.54 Å². The molecule has 1 aliphatic rings. The molecule has 0 atom stereocenters. The van der Waals surface area contributed by atoms with E-state index in [1.54, 1.807) is 19.2 Å².